The third-order valence-electron chi connectivity index (χ3n) is 3.65. The molecule has 0 radical (unpaired) electrons. The SMILES string of the molecule is CN(CC1CCCCN1)C(=O)c1cccc(C(N)=O)c1. The van der Waals surface area contributed by atoms with E-state index in [0.29, 0.717) is 23.7 Å². The molecule has 1 aromatic rings. The summed E-state index contributed by atoms with van der Waals surface area (Å²) in [5.41, 5.74) is 6.10. The van der Waals surface area contributed by atoms with Crippen molar-refractivity contribution in [1.29, 1.82) is 0 Å². The van der Waals surface area contributed by atoms with Gasteiger partial charge >= 0.3 is 0 Å². The van der Waals surface area contributed by atoms with Crippen LogP contribution < -0.4 is 11.1 Å². The second-order valence-corrected chi connectivity index (χ2v) is 5.28. The lowest BCUT2D eigenvalue weighted by molar-refractivity contribution is 0.0775. The number of carbonyl (C=O) groups excluding carboxylic acids is 2. The molecule has 20 heavy (non-hydrogen) atoms. The van der Waals surface area contributed by atoms with E-state index in [1.165, 1.54) is 12.8 Å². The topological polar surface area (TPSA) is 75.4 Å². The number of likely N-dealkylation sites (N-methyl/N-ethyl adjacent to an activating group) is 1. The molecule has 3 N–H and O–H groups in total. The highest BCUT2D eigenvalue weighted by atomic mass is 16.2. The molecule has 0 aliphatic carbocycles. The van der Waals surface area contributed by atoms with Crippen LogP contribution in [0.25, 0.3) is 0 Å². The highest BCUT2D eigenvalue weighted by Gasteiger charge is 2.19. The quantitative estimate of drug-likeness (QED) is 0.860. The Labute approximate surface area is 119 Å². The van der Waals surface area contributed by atoms with Gasteiger partial charge in [-0.05, 0) is 37.6 Å². The van der Waals surface area contributed by atoms with Crippen LogP contribution in [0.1, 0.15) is 40.0 Å². The van der Waals surface area contributed by atoms with Gasteiger partial charge in [0.2, 0.25) is 5.91 Å². The zero-order chi connectivity index (χ0) is 14.5. The highest BCUT2D eigenvalue weighted by Crippen LogP contribution is 2.11. The largest absolute Gasteiger partial charge is 0.366 e. The number of hydrogen-bond acceptors (Lipinski definition) is 3. The Morgan fingerprint density at radius 1 is 1.35 bits per heavy atom. The predicted molar refractivity (Wildman–Crippen MR) is 77.6 cm³/mol. The number of amides is 2. The van der Waals surface area contributed by atoms with Crippen LogP contribution in [0.2, 0.25) is 0 Å². The highest BCUT2D eigenvalue weighted by molar-refractivity contribution is 5.99. The lowest BCUT2D eigenvalue weighted by Crippen LogP contribution is -2.44. The summed E-state index contributed by atoms with van der Waals surface area (Å²) in [5, 5.41) is 3.42. The van der Waals surface area contributed by atoms with Crippen LogP contribution in [-0.2, 0) is 0 Å². The molecule has 0 aromatic heterocycles. The zero-order valence-electron chi connectivity index (χ0n) is 11.8. The maximum absolute atomic E-state index is 12.3. The minimum Gasteiger partial charge on any atom is -0.366 e. The Kier molecular flexibility index (Phi) is 4.74. The minimum absolute atomic E-state index is 0.0829. The molecule has 1 aliphatic heterocycles. The van der Waals surface area contributed by atoms with E-state index in [9.17, 15) is 9.59 Å². The first-order chi connectivity index (χ1) is 9.58. The van der Waals surface area contributed by atoms with Crippen LogP contribution in [0.4, 0.5) is 0 Å². The minimum atomic E-state index is -0.517. The van der Waals surface area contributed by atoms with E-state index in [1.54, 1.807) is 36.2 Å². The number of nitrogens with one attached hydrogen (secondary N) is 1. The summed E-state index contributed by atoms with van der Waals surface area (Å²) in [6.07, 6.45) is 3.50. The molecule has 0 spiro atoms. The number of rotatable bonds is 4. The van der Waals surface area contributed by atoms with Crippen LogP contribution in [0.5, 0.6) is 0 Å². The summed E-state index contributed by atoms with van der Waals surface area (Å²) >= 11 is 0. The first-order valence-corrected chi connectivity index (χ1v) is 6.96. The first-order valence-electron chi connectivity index (χ1n) is 6.96. The summed E-state index contributed by atoms with van der Waals surface area (Å²) in [6, 6.07) is 6.91. The van der Waals surface area contributed by atoms with Gasteiger partial charge in [0.25, 0.3) is 5.91 Å². The predicted octanol–water partition coefficient (Wildman–Crippen LogP) is 1.000. The van der Waals surface area contributed by atoms with Crippen molar-refractivity contribution in [1.82, 2.24) is 10.2 Å². The van der Waals surface area contributed by atoms with Gasteiger partial charge in [-0.25, -0.2) is 0 Å². The van der Waals surface area contributed by atoms with Gasteiger partial charge in [0.05, 0.1) is 0 Å². The normalized spacial score (nSPS) is 18.6. The number of nitrogens with two attached hydrogens (primary N) is 1. The van der Waals surface area contributed by atoms with Crippen molar-refractivity contribution < 1.29 is 9.59 Å². The van der Waals surface area contributed by atoms with Crippen LogP contribution in [-0.4, -0.2) is 42.9 Å². The average molecular weight is 275 g/mol. The lowest BCUT2D eigenvalue weighted by Gasteiger charge is -2.28. The van der Waals surface area contributed by atoms with E-state index >= 15 is 0 Å². The monoisotopic (exact) mass is 275 g/mol. The third kappa shape index (κ3) is 3.57. The van der Waals surface area contributed by atoms with E-state index in [1.807, 2.05) is 0 Å². The maximum Gasteiger partial charge on any atom is 0.253 e. The Hall–Kier alpha value is -1.88. The average Bonchev–Trinajstić information content (AvgIpc) is 2.47. The summed E-state index contributed by atoms with van der Waals surface area (Å²) in [4.78, 5) is 25.2. The summed E-state index contributed by atoms with van der Waals surface area (Å²) < 4.78 is 0. The van der Waals surface area contributed by atoms with Crippen molar-refractivity contribution in [3.63, 3.8) is 0 Å². The molecule has 1 saturated heterocycles. The van der Waals surface area contributed by atoms with Crippen LogP contribution in [0.15, 0.2) is 24.3 Å². The molecular formula is C15H21N3O2. The Bertz CT molecular complexity index is 496. The Balaban J connectivity index is 2.02. The van der Waals surface area contributed by atoms with Crippen molar-refractivity contribution in [2.45, 2.75) is 25.3 Å². The number of nitrogens with zero attached hydrogens (tertiary/aromatic N) is 1. The van der Waals surface area contributed by atoms with Crippen molar-refractivity contribution in [2.75, 3.05) is 20.1 Å². The van der Waals surface area contributed by atoms with E-state index in [0.717, 1.165) is 13.0 Å². The molecule has 1 heterocycles. The smallest absolute Gasteiger partial charge is 0.253 e. The number of hydrogen-bond donors (Lipinski definition) is 2. The molecule has 1 aliphatic rings. The van der Waals surface area contributed by atoms with E-state index in [-0.39, 0.29) is 5.91 Å². The first kappa shape index (κ1) is 14.5. The fraction of sp³-hybridized carbons (Fsp3) is 0.467. The number of piperidine rings is 1. The Morgan fingerprint density at radius 3 is 2.75 bits per heavy atom. The zero-order valence-corrected chi connectivity index (χ0v) is 11.8. The fourth-order valence-corrected chi connectivity index (χ4v) is 2.52. The molecule has 1 fully saturated rings. The number of carbonyl (C=O) groups is 2. The third-order valence-corrected chi connectivity index (χ3v) is 3.65. The van der Waals surface area contributed by atoms with Gasteiger partial charge in [-0.1, -0.05) is 12.5 Å². The summed E-state index contributed by atoms with van der Waals surface area (Å²) in [7, 11) is 1.79. The van der Waals surface area contributed by atoms with Crippen molar-refractivity contribution in [3.8, 4) is 0 Å². The second kappa shape index (κ2) is 6.52. The van der Waals surface area contributed by atoms with Gasteiger partial charge in [0.1, 0.15) is 0 Å². The molecule has 1 unspecified atom stereocenters. The number of benzene rings is 1. The molecule has 108 valence electrons. The van der Waals surface area contributed by atoms with Gasteiger partial charge < -0.3 is 16.0 Å². The molecule has 0 bridgehead atoms. The van der Waals surface area contributed by atoms with Crippen LogP contribution in [0.3, 0.4) is 0 Å². The Morgan fingerprint density at radius 2 is 2.10 bits per heavy atom. The summed E-state index contributed by atoms with van der Waals surface area (Å²) in [6.45, 7) is 1.70. The second-order valence-electron chi connectivity index (χ2n) is 5.28. The van der Waals surface area contributed by atoms with Gasteiger partial charge in [-0.15, -0.1) is 0 Å². The van der Waals surface area contributed by atoms with Crippen LogP contribution in [0, 0.1) is 0 Å². The van der Waals surface area contributed by atoms with Gasteiger partial charge in [-0.3, -0.25) is 9.59 Å². The van der Waals surface area contributed by atoms with Crippen molar-refractivity contribution in [3.05, 3.63) is 35.4 Å². The van der Waals surface area contributed by atoms with Crippen LogP contribution >= 0.6 is 0 Å². The number of primary amides is 1. The van der Waals surface area contributed by atoms with Gasteiger partial charge in [-0.2, -0.15) is 0 Å². The molecule has 1 atom stereocenters. The lowest BCUT2D eigenvalue weighted by atomic mass is 10.0. The van der Waals surface area contributed by atoms with E-state index in [4.69, 9.17) is 5.73 Å². The van der Waals surface area contributed by atoms with Gasteiger partial charge in [0, 0.05) is 30.8 Å². The maximum atomic E-state index is 12.3. The van der Waals surface area contributed by atoms with Crippen molar-refractivity contribution >= 4 is 11.8 Å². The van der Waals surface area contributed by atoms with Gasteiger partial charge in [0.15, 0.2) is 0 Å². The molecular weight excluding hydrogens is 254 g/mol. The molecule has 5 nitrogen and oxygen atoms in total. The molecule has 5 heteroatoms. The van der Waals surface area contributed by atoms with Crippen molar-refractivity contribution in [2.24, 2.45) is 5.73 Å². The fourth-order valence-electron chi connectivity index (χ4n) is 2.52. The molecule has 0 saturated carbocycles. The standard InChI is InChI=1S/C15H21N3O2/c1-18(10-13-7-2-3-8-17-13)15(20)12-6-4-5-11(9-12)14(16)19/h4-6,9,13,17H,2-3,7-8,10H2,1H3,(H2,16,19). The molecule has 2 amide bonds. The molecule has 2 rings (SSSR count). The molecule has 1 aromatic carbocycles. The summed E-state index contributed by atoms with van der Waals surface area (Å²) in [5.74, 6) is -0.600. The van der Waals surface area contributed by atoms with E-state index < -0.39 is 5.91 Å². The van der Waals surface area contributed by atoms with E-state index in [2.05, 4.69) is 5.32 Å².